The van der Waals surface area contributed by atoms with E-state index in [0.29, 0.717) is 6.54 Å². The first-order valence-electron chi connectivity index (χ1n) is 12.2. The molecule has 0 saturated carbocycles. The fourth-order valence-electron chi connectivity index (χ4n) is 4.77. The van der Waals surface area contributed by atoms with Crippen molar-refractivity contribution < 1.29 is 14.4 Å². The van der Waals surface area contributed by atoms with Crippen molar-refractivity contribution in [1.29, 1.82) is 0 Å². The van der Waals surface area contributed by atoms with Crippen molar-refractivity contribution in [1.82, 2.24) is 15.5 Å². The Morgan fingerprint density at radius 3 is 2.37 bits per heavy atom. The predicted molar refractivity (Wildman–Crippen MR) is 138 cm³/mol. The minimum Gasteiger partial charge on any atom is -0.343 e. The van der Waals surface area contributed by atoms with Crippen LogP contribution in [0.2, 0.25) is 0 Å². The van der Waals surface area contributed by atoms with Gasteiger partial charge >= 0.3 is 0 Å². The number of fused-ring (bicyclic) bond motifs is 2. The van der Waals surface area contributed by atoms with Crippen molar-refractivity contribution in [2.24, 2.45) is 5.92 Å². The highest BCUT2D eigenvalue weighted by molar-refractivity contribution is 5.98. The van der Waals surface area contributed by atoms with Crippen LogP contribution in [0.3, 0.4) is 0 Å². The summed E-state index contributed by atoms with van der Waals surface area (Å²) >= 11 is 0. The minimum absolute atomic E-state index is 0.0305. The minimum atomic E-state index is -0.722. The summed E-state index contributed by atoms with van der Waals surface area (Å²) in [7, 11) is 1.70. The van der Waals surface area contributed by atoms with Crippen molar-refractivity contribution >= 4 is 28.4 Å². The van der Waals surface area contributed by atoms with Gasteiger partial charge in [0.05, 0.1) is 6.04 Å². The fourth-order valence-corrected chi connectivity index (χ4v) is 4.77. The maximum atomic E-state index is 13.8. The van der Waals surface area contributed by atoms with Gasteiger partial charge in [0.15, 0.2) is 5.78 Å². The molecule has 1 aliphatic rings. The highest BCUT2D eigenvalue weighted by Gasteiger charge is 2.41. The highest BCUT2D eigenvalue weighted by atomic mass is 16.2. The van der Waals surface area contributed by atoms with Gasteiger partial charge in [-0.1, -0.05) is 80.6 Å². The van der Waals surface area contributed by atoms with E-state index in [2.05, 4.69) is 10.6 Å². The van der Waals surface area contributed by atoms with Gasteiger partial charge in [-0.25, -0.2) is 0 Å². The van der Waals surface area contributed by atoms with E-state index in [0.717, 1.165) is 27.5 Å². The summed E-state index contributed by atoms with van der Waals surface area (Å²) in [5, 5.41) is 7.93. The first-order valence-corrected chi connectivity index (χ1v) is 12.2. The molecule has 3 atom stereocenters. The van der Waals surface area contributed by atoms with E-state index in [9.17, 15) is 14.4 Å². The molecular formula is C29H33N3O3. The molecule has 35 heavy (non-hydrogen) atoms. The molecule has 2 N–H and O–H groups in total. The molecule has 6 nitrogen and oxygen atoms in total. The Labute approximate surface area is 206 Å². The SMILES string of the molecule is CN[C@@H](C)C(=O)N[C@H](C(=O)N1Cc2ccccc2[C@@H]1C(=O)Cc1cccc2ccccc12)C(C)C. The third-order valence-electron chi connectivity index (χ3n) is 6.89. The summed E-state index contributed by atoms with van der Waals surface area (Å²) in [6.45, 7) is 5.91. The number of rotatable bonds is 8. The van der Waals surface area contributed by atoms with Crippen LogP contribution >= 0.6 is 0 Å². The van der Waals surface area contributed by atoms with Gasteiger partial charge in [0.25, 0.3) is 0 Å². The van der Waals surface area contributed by atoms with Crippen molar-refractivity contribution in [3.8, 4) is 0 Å². The van der Waals surface area contributed by atoms with Gasteiger partial charge in [0, 0.05) is 13.0 Å². The highest BCUT2D eigenvalue weighted by Crippen LogP contribution is 2.36. The van der Waals surface area contributed by atoms with E-state index in [1.165, 1.54) is 0 Å². The number of ketones is 1. The number of nitrogens with one attached hydrogen (secondary N) is 2. The van der Waals surface area contributed by atoms with E-state index < -0.39 is 18.1 Å². The first kappa shape index (κ1) is 24.6. The topological polar surface area (TPSA) is 78.5 Å². The Kier molecular flexibility index (Phi) is 7.31. The van der Waals surface area contributed by atoms with Crippen LogP contribution in [0.1, 0.15) is 43.5 Å². The molecule has 3 aromatic rings. The molecule has 0 spiro atoms. The van der Waals surface area contributed by atoms with E-state index in [1.807, 2.05) is 80.6 Å². The molecule has 3 aromatic carbocycles. The molecule has 0 aliphatic carbocycles. The number of benzene rings is 3. The molecular weight excluding hydrogens is 438 g/mol. The predicted octanol–water partition coefficient (Wildman–Crippen LogP) is 3.78. The molecule has 1 heterocycles. The molecule has 0 radical (unpaired) electrons. The Morgan fingerprint density at radius 1 is 0.943 bits per heavy atom. The lowest BCUT2D eigenvalue weighted by Crippen LogP contribution is -2.54. The lowest BCUT2D eigenvalue weighted by atomic mass is 9.94. The number of Topliss-reactive ketones (excluding diaryl/α,β-unsaturated/α-hetero) is 1. The van der Waals surface area contributed by atoms with Crippen LogP contribution in [0.4, 0.5) is 0 Å². The zero-order valence-corrected chi connectivity index (χ0v) is 20.7. The largest absolute Gasteiger partial charge is 0.343 e. The molecule has 2 amide bonds. The van der Waals surface area contributed by atoms with Gasteiger partial charge in [0.1, 0.15) is 12.1 Å². The van der Waals surface area contributed by atoms with Gasteiger partial charge in [-0.3, -0.25) is 14.4 Å². The average molecular weight is 472 g/mol. The molecule has 0 bridgehead atoms. The molecule has 4 rings (SSSR count). The second kappa shape index (κ2) is 10.4. The Morgan fingerprint density at radius 2 is 1.63 bits per heavy atom. The molecule has 0 aromatic heterocycles. The number of likely N-dealkylation sites (N-methyl/N-ethyl adjacent to an activating group) is 1. The zero-order chi connectivity index (χ0) is 25.1. The monoisotopic (exact) mass is 471 g/mol. The number of amides is 2. The molecule has 6 heteroatoms. The lowest BCUT2D eigenvalue weighted by Gasteiger charge is -2.31. The van der Waals surface area contributed by atoms with E-state index >= 15 is 0 Å². The molecule has 0 unspecified atom stereocenters. The zero-order valence-electron chi connectivity index (χ0n) is 20.7. The summed E-state index contributed by atoms with van der Waals surface area (Å²) < 4.78 is 0. The molecule has 0 saturated heterocycles. The van der Waals surface area contributed by atoms with Crippen molar-refractivity contribution in [2.75, 3.05) is 7.05 Å². The second-order valence-electron chi connectivity index (χ2n) is 9.59. The maximum Gasteiger partial charge on any atom is 0.246 e. The smallest absolute Gasteiger partial charge is 0.246 e. The van der Waals surface area contributed by atoms with Crippen LogP contribution in [0.25, 0.3) is 10.8 Å². The maximum absolute atomic E-state index is 13.8. The van der Waals surface area contributed by atoms with E-state index in [1.54, 1.807) is 18.9 Å². The standard InChI is InChI=1S/C29H33N3O3/c1-18(2)26(31-28(34)19(3)30-4)29(35)32-17-22-11-6-8-15-24(22)27(32)25(33)16-21-13-9-12-20-10-5-7-14-23(20)21/h5-15,18-19,26-27,30H,16-17H2,1-4H3,(H,31,34)/t19-,26-,27+/m0/s1. The van der Waals surface area contributed by atoms with E-state index in [-0.39, 0.29) is 29.9 Å². The van der Waals surface area contributed by atoms with Crippen molar-refractivity contribution in [2.45, 2.75) is 51.9 Å². The van der Waals surface area contributed by atoms with Gasteiger partial charge in [0.2, 0.25) is 11.8 Å². The number of carbonyl (C=O) groups excluding carboxylic acids is 3. The quantitative estimate of drug-likeness (QED) is 0.524. The van der Waals surface area contributed by atoms with Crippen LogP contribution in [0.5, 0.6) is 0 Å². The summed E-state index contributed by atoms with van der Waals surface area (Å²) in [5.41, 5.74) is 2.78. The van der Waals surface area contributed by atoms with Gasteiger partial charge in [-0.05, 0) is 47.4 Å². The summed E-state index contributed by atoms with van der Waals surface area (Å²) in [5.74, 6) is -0.635. The number of hydrogen-bond acceptors (Lipinski definition) is 4. The fraction of sp³-hybridized carbons (Fsp3) is 0.345. The van der Waals surface area contributed by atoms with Crippen LogP contribution in [0.15, 0.2) is 66.7 Å². The second-order valence-corrected chi connectivity index (χ2v) is 9.59. The third kappa shape index (κ3) is 4.98. The van der Waals surface area contributed by atoms with Crippen LogP contribution in [-0.2, 0) is 27.3 Å². The Bertz CT molecular complexity index is 1250. The Balaban J connectivity index is 1.65. The van der Waals surface area contributed by atoms with Crippen molar-refractivity contribution in [3.63, 3.8) is 0 Å². The lowest BCUT2D eigenvalue weighted by molar-refractivity contribution is -0.143. The van der Waals surface area contributed by atoms with Gasteiger partial charge in [-0.2, -0.15) is 0 Å². The average Bonchev–Trinajstić information content (AvgIpc) is 3.26. The van der Waals surface area contributed by atoms with Crippen molar-refractivity contribution in [3.05, 3.63) is 83.4 Å². The van der Waals surface area contributed by atoms with Gasteiger partial charge in [-0.15, -0.1) is 0 Å². The van der Waals surface area contributed by atoms with E-state index in [4.69, 9.17) is 0 Å². The van der Waals surface area contributed by atoms with Gasteiger partial charge < -0.3 is 15.5 Å². The van der Waals surface area contributed by atoms with Crippen LogP contribution in [0, 0.1) is 5.92 Å². The summed E-state index contributed by atoms with van der Waals surface area (Å²) in [6, 6.07) is 19.9. The molecule has 1 aliphatic heterocycles. The number of nitrogens with zero attached hydrogens (tertiary/aromatic N) is 1. The summed E-state index contributed by atoms with van der Waals surface area (Å²) in [6.07, 6.45) is 0.222. The molecule has 0 fully saturated rings. The van der Waals surface area contributed by atoms with Crippen LogP contribution in [-0.4, -0.2) is 41.6 Å². The third-order valence-corrected chi connectivity index (χ3v) is 6.89. The van der Waals surface area contributed by atoms with Crippen LogP contribution < -0.4 is 10.6 Å². The number of carbonyl (C=O) groups is 3. The summed E-state index contributed by atoms with van der Waals surface area (Å²) in [4.78, 5) is 41.9. The normalized spacial score (nSPS) is 16.7. The number of hydrogen-bond donors (Lipinski definition) is 2. The molecule has 182 valence electrons. The Hall–Kier alpha value is -3.51. The first-order chi connectivity index (χ1) is 16.8.